The molecular formula is C20H21FN2O3. The second-order valence-corrected chi connectivity index (χ2v) is 6.39. The van der Waals surface area contributed by atoms with Gasteiger partial charge in [-0.15, -0.1) is 0 Å². The molecule has 5 nitrogen and oxygen atoms in total. The van der Waals surface area contributed by atoms with E-state index in [1.54, 1.807) is 30.3 Å². The molecule has 0 heterocycles. The van der Waals surface area contributed by atoms with Crippen molar-refractivity contribution < 1.29 is 19.0 Å². The molecule has 0 unspecified atom stereocenters. The smallest absolute Gasteiger partial charge is 0.407 e. The van der Waals surface area contributed by atoms with Crippen molar-refractivity contribution in [2.75, 3.05) is 6.54 Å². The Labute approximate surface area is 152 Å². The Morgan fingerprint density at radius 3 is 2.42 bits per heavy atom. The molecule has 2 aromatic carbocycles. The van der Waals surface area contributed by atoms with Gasteiger partial charge in [-0.3, -0.25) is 0 Å². The third-order valence-electron chi connectivity index (χ3n) is 3.84. The van der Waals surface area contributed by atoms with E-state index in [4.69, 9.17) is 10.00 Å². The van der Waals surface area contributed by atoms with Crippen LogP contribution in [0, 0.1) is 23.1 Å². The summed E-state index contributed by atoms with van der Waals surface area (Å²) in [6, 6.07) is 12.8. The maximum atomic E-state index is 13.6. The average Bonchev–Trinajstić information content (AvgIpc) is 2.60. The summed E-state index contributed by atoms with van der Waals surface area (Å²) in [6.07, 6.45) is -0.142. The van der Waals surface area contributed by atoms with Crippen molar-refractivity contribution >= 4 is 6.09 Å². The number of carbonyl (C=O) groups is 1. The summed E-state index contributed by atoms with van der Waals surface area (Å²) >= 11 is 0. The Morgan fingerprint density at radius 2 is 1.88 bits per heavy atom. The molecule has 2 rings (SSSR count). The van der Waals surface area contributed by atoms with Crippen LogP contribution in [0.25, 0.3) is 0 Å². The van der Waals surface area contributed by atoms with Crippen LogP contribution < -0.4 is 4.74 Å². The number of amides is 1. The van der Waals surface area contributed by atoms with E-state index in [1.165, 1.54) is 17.0 Å². The molecule has 0 saturated carbocycles. The fourth-order valence-corrected chi connectivity index (χ4v) is 2.33. The summed E-state index contributed by atoms with van der Waals surface area (Å²) in [4.78, 5) is 12.7. The van der Waals surface area contributed by atoms with Crippen molar-refractivity contribution in [3.8, 4) is 17.6 Å². The lowest BCUT2D eigenvalue weighted by molar-refractivity contribution is 0.140. The minimum absolute atomic E-state index is 0.0390. The van der Waals surface area contributed by atoms with E-state index in [0.29, 0.717) is 30.5 Å². The molecule has 0 radical (unpaired) electrons. The molecule has 0 aliphatic heterocycles. The van der Waals surface area contributed by atoms with E-state index in [-0.39, 0.29) is 5.56 Å². The van der Waals surface area contributed by atoms with Gasteiger partial charge in [-0.1, -0.05) is 26.0 Å². The van der Waals surface area contributed by atoms with Crippen LogP contribution in [-0.4, -0.2) is 22.6 Å². The maximum absolute atomic E-state index is 13.6. The Hall–Kier alpha value is -3.07. The largest absolute Gasteiger partial charge is 0.465 e. The van der Waals surface area contributed by atoms with Crippen molar-refractivity contribution in [1.82, 2.24) is 4.90 Å². The summed E-state index contributed by atoms with van der Waals surface area (Å²) in [5, 5.41) is 18.0. The van der Waals surface area contributed by atoms with E-state index in [1.807, 2.05) is 0 Å². The second-order valence-electron chi connectivity index (χ2n) is 6.39. The summed E-state index contributed by atoms with van der Waals surface area (Å²) in [6.45, 7) is 4.89. The predicted octanol–water partition coefficient (Wildman–Crippen LogP) is 5.02. The summed E-state index contributed by atoms with van der Waals surface area (Å²) in [5.74, 6) is 0.588. The minimum Gasteiger partial charge on any atom is -0.465 e. The number of ether oxygens (including phenoxy) is 1. The van der Waals surface area contributed by atoms with Gasteiger partial charge in [0.1, 0.15) is 23.4 Å². The zero-order valence-electron chi connectivity index (χ0n) is 14.8. The SMILES string of the molecule is CC(C)CCN(Cc1ccc(Oc2ccc(C#N)c(F)c2)cc1)C(=O)O. The highest BCUT2D eigenvalue weighted by Crippen LogP contribution is 2.24. The Kier molecular flexibility index (Phi) is 6.56. The fourth-order valence-electron chi connectivity index (χ4n) is 2.33. The summed E-state index contributed by atoms with van der Waals surface area (Å²) < 4.78 is 19.2. The van der Waals surface area contributed by atoms with Gasteiger partial charge in [-0.2, -0.15) is 5.26 Å². The maximum Gasteiger partial charge on any atom is 0.407 e. The first-order valence-electron chi connectivity index (χ1n) is 8.33. The number of benzene rings is 2. The third-order valence-corrected chi connectivity index (χ3v) is 3.84. The molecule has 1 amide bonds. The molecule has 0 aliphatic carbocycles. The van der Waals surface area contributed by atoms with E-state index >= 15 is 0 Å². The third kappa shape index (κ3) is 5.49. The number of nitriles is 1. The highest BCUT2D eigenvalue weighted by atomic mass is 19.1. The molecule has 2 aromatic rings. The molecule has 0 spiro atoms. The van der Waals surface area contributed by atoms with Gasteiger partial charge >= 0.3 is 6.09 Å². The second kappa shape index (κ2) is 8.86. The number of hydrogen-bond donors (Lipinski definition) is 1. The molecule has 136 valence electrons. The van der Waals surface area contributed by atoms with Gasteiger partial charge in [0.05, 0.1) is 5.56 Å². The van der Waals surface area contributed by atoms with Gasteiger partial charge in [0.15, 0.2) is 0 Å². The lowest BCUT2D eigenvalue weighted by Crippen LogP contribution is -2.30. The standard InChI is InChI=1S/C20H21FN2O3/c1-14(2)9-10-23(20(24)25)13-15-3-6-17(7-4-15)26-18-8-5-16(12-22)19(21)11-18/h3-8,11,14H,9-10,13H2,1-2H3,(H,24,25). The van der Waals surface area contributed by atoms with Gasteiger partial charge in [-0.25, -0.2) is 9.18 Å². The molecule has 0 saturated heterocycles. The molecule has 26 heavy (non-hydrogen) atoms. The van der Waals surface area contributed by atoms with Gasteiger partial charge in [0.2, 0.25) is 0 Å². The first-order chi connectivity index (χ1) is 12.4. The fraction of sp³-hybridized carbons (Fsp3) is 0.300. The van der Waals surface area contributed by atoms with Gasteiger partial charge < -0.3 is 14.7 Å². The van der Waals surface area contributed by atoms with E-state index < -0.39 is 11.9 Å². The lowest BCUT2D eigenvalue weighted by Gasteiger charge is -2.20. The quantitative estimate of drug-likeness (QED) is 0.756. The van der Waals surface area contributed by atoms with Crippen molar-refractivity contribution in [3.63, 3.8) is 0 Å². The summed E-state index contributed by atoms with van der Waals surface area (Å²) in [5.41, 5.74) is 0.803. The van der Waals surface area contributed by atoms with E-state index in [2.05, 4.69) is 13.8 Å². The van der Waals surface area contributed by atoms with Crippen molar-refractivity contribution in [2.45, 2.75) is 26.8 Å². The van der Waals surface area contributed by atoms with Crippen LogP contribution in [0.1, 0.15) is 31.4 Å². The summed E-state index contributed by atoms with van der Waals surface area (Å²) in [7, 11) is 0. The van der Waals surface area contributed by atoms with Gasteiger partial charge in [0, 0.05) is 19.2 Å². The van der Waals surface area contributed by atoms with Crippen molar-refractivity contribution in [1.29, 1.82) is 5.26 Å². The van der Waals surface area contributed by atoms with Crippen LogP contribution in [0.5, 0.6) is 11.5 Å². The molecule has 0 aliphatic rings. The number of rotatable bonds is 7. The lowest BCUT2D eigenvalue weighted by atomic mass is 10.1. The number of carboxylic acid groups (broad SMARTS) is 1. The highest BCUT2D eigenvalue weighted by Gasteiger charge is 2.13. The van der Waals surface area contributed by atoms with Crippen LogP contribution in [0.15, 0.2) is 42.5 Å². The Balaban J connectivity index is 2.02. The van der Waals surface area contributed by atoms with Crippen LogP contribution >= 0.6 is 0 Å². The molecular weight excluding hydrogens is 335 g/mol. The Bertz CT molecular complexity index is 798. The average molecular weight is 356 g/mol. The highest BCUT2D eigenvalue weighted by molar-refractivity contribution is 5.65. The van der Waals surface area contributed by atoms with Crippen molar-refractivity contribution in [2.24, 2.45) is 5.92 Å². The van der Waals surface area contributed by atoms with Crippen LogP contribution in [-0.2, 0) is 6.54 Å². The first kappa shape index (κ1) is 19.3. The minimum atomic E-state index is -0.945. The van der Waals surface area contributed by atoms with Crippen LogP contribution in [0.3, 0.4) is 0 Å². The van der Waals surface area contributed by atoms with Gasteiger partial charge in [-0.05, 0) is 42.2 Å². The zero-order chi connectivity index (χ0) is 19.1. The number of halogens is 1. The monoisotopic (exact) mass is 356 g/mol. The number of nitrogens with zero attached hydrogens (tertiary/aromatic N) is 2. The molecule has 0 bridgehead atoms. The van der Waals surface area contributed by atoms with Crippen LogP contribution in [0.2, 0.25) is 0 Å². The van der Waals surface area contributed by atoms with Crippen LogP contribution in [0.4, 0.5) is 9.18 Å². The molecule has 1 N–H and O–H groups in total. The zero-order valence-corrected chi connectivity index (χ0v) is 14.8. The predicted molar refractivity (Wildman–Crippen MR) is 95.5 cm³/mol. The molecule has 0 atom stereocenters. The van der Waals surface area contributed by atoms with Crippen molar-refractivity contribution in [3.05, 3.63) is 59.4 Å². The first-order valence-corrected chi connectivity index (χ1v) is 8.33. The number of hydrogen-bond acceptors (Lipinski definition) is 3. The van der Waals surface area contributed by atoms with Gasteiger partial charge in [0.25, 0.3) is 0 Å². The Morgan fingerprint density at radius 1 is 1.23 bits per heavy atom. The molecule has 6 heteroatoms. The molecule has 0 aromatic heterocycles. The van der Waals surface area contributed by atoms with E-state index in [0.717, 1.165) is 18.1 Å². The van der Waals surface area contributed by atoms with E-state index in [9.17, 15) is 14.3 Å². The topological polar surface area (TPSA) is 73.6 Å². The normalized spacial score (nSPS) is 10.4. The molecule has 0 fully saturated rings.